The van der Waals surface area contributed by atoms with Crippen molar-refractivity contribution in [3.63, 3.8) is 0 Å². The van der Waals surface area contributed by atoms with Crippen LogP contribution < -0.4 is 5.01 Å². The monoisotopic (exact) mass is 480 g/mol. The van der Waals surface area contributed by atoms with Crippen molar-refractivity contribution in [2.75, 3.05) is 5.01 Å². The maximum absolute atomic E-state index is 6.31. The lowest BCUT2D eigenvalue weighted by molar-refractivity contribution is 0.602. The van der Waals surface area contributed by atoms with Crippen LogP contribution in [0.3, 0.4) is 0 Å². The Morgan fingerprint density at radius 3 is 2.44 bits per heavy atom. The molecule has 6 aromatic rings. The van der Waals surface area contributed by atoms with Gasteiger partial charge in [-0.2, -0.15) is 0 Å². The van der Waals surface area contributed by atoms with E-state index in [-0.39, 0.29) is 5.37 Å². The maximum atomic E-state index is 6.31. The Hall–Kier alpha value is -3.74. The van der Waals surface area contributed by atoms with Crippen molar-refractivity contribution in [1.29, 1.82) is 0 Å². The van der Waals surface area contributed by atoms with Crippen molar-refractivity contribution in [1.82, 2.24) is 14.9 Å². The number of anilines is 1. The molecule has 0 saturated carbocycles. The van der Waals surface area contributed by atoms with Gasteiger partial charge in [0.05, 0.1) is 5.69 Å². The zero-order chi connectivity index (χ0) is 22.6. The summed E-state index contributed by atoms with van der Waals surface area (Å²) in [5.41, 5.74) is 3.00. The summed E-state index contributed by atoms with van der Waals surface area (Å²) in [6, 6.07) is 32.7. The molecular formula is C27H17ClN4OS. The lowest BCUT2D eigenvalue weighted by Crippen LogP contribution is -2.28. The van der Waals surface area contributed by atoms with E-state index in [1.165, 1.54) is 5.39 Å². The van der Waals surface area contributed by atoms with Crippen LogP contribution in [0.1, 0.15) is 10.9 Å². The second-order valence-electron chi connectivity index (χ2n) is 8.13. The zero-order valence-electron chi connectivity index (χ0n) is 17.8. The third-order valence-corrected chi connectivity index (χ3v) is 7.50. The molecule has 7 rings (SSSR count). The van der Waals surface area contributed by atoms with Crippen LogP contribution in [-0.4, -0.2) is 14.9 Å². The fraction of sp³-hybridized carbons (Fsp3) is 0.0370. The lowest BCUT2D eigenvalue weighted by atomic mass is 10.1. The normalized spacial score (nSPS) is 15.3. The molecule has 2 aromatic heterocycles. The largest absolute Gasteiger partial charge is 0.453 e. The molecule has 3 heterocycles. The standard InChI is InChI=1S/C27H17ClN4OS/c28-19-13-10-18(11-14-19)26-31(20-7-2-1-3-8-20)32-25(29-30-27(32)34-26)24-16-22-21-9-5-4-6-17(21)12-15-23(22)33-24/h1-16,26H. The average molecular weight is 481 g/mol. The second kappa shape index (κ2) is 7.65. The summed E-state index contributed by atoms with van der Waals surface area (Å²) in [6.45, 7) is 0. The number of halogens is 1. The zero-order valence-corrected chi connectivity index (χ0v) is 19.4. The highest BCUT2D eigenvalue weighted by Crippen LogP contribution is 2.48. The third-order valence-electron chi connectivity index (χ3n) is 6.09. The molecule has 1 aliphatic heterocycles. The number of thioether (sulfide) groups is 1. The number of benzene rings is 4. The highest BCUT2D eigenvalue weighted by Gasteiger charge is 2.37. The molecule has 0 N–H and O–H groups in total. The van der Waals surface area contributed by atoms with Gasteiger partial charge in [-0.3, -0.25) is 5.01 Å². The average Bonchev–Trinajstić information content (AvgIpc) is 3.58. The summed E-state index contributed by atoms with van der Waals surface area (Å²) in [5, 5.41) is 16.2. The number of fused-ring (bicyclic) bond motifs is 4. The minimum Gasteiger partial charge on any atom is -0.453 e. The van der Waals surface area contributed by atoms with Gasteiger partial charge in [0.25, 0.3) is 0 Å². The van der Waals surface area contributed by atoms with Crippen molar-refractivity contribution in [2.24, 2.45) is 0 Å². The minimum absolute atomic E-state index is 0.0193. The molecule has 4 aromatic carbocycles. The van der Waals surface area contributed by atoms with E-state index >= 15 is 0 Å². The Bertz CT molecular complexity index is 1660. The molecule has 0 amide bonds. The van der Waals surface area contributed by atoms with Crippen LogP contribution >= 0.6 is 23.4 Å². The Morgan fingerprint density at radius 1 is 0.794 bits per heavy atom. The molecular weight excluding hydrogens is 464 g/mol. The first-order valence-electron chi connectivity index (χ1n) is 10.9. The van der Waals surface area contributed by atoms with Crippen molar-refractivity contribution in [3.8, 4) is 11.6 Å². The van der Waals surface area contributed by atoms with E-state index in [4.69, 9.17) is 16.0 Å². The predicted molar refractivity (Wildman–Crippen MR) is 137 cm³/mol. The van der Waals surface area contributed by atoms with Crippen molar-refractivity contribution in [2.45, 2.75) is 10.5 Å². The SMILES string of the molecule is Clc1ccc(C2Sc3nnc(-c4cc5c(ccc6ccccc65)o4)n3N2c2ccccc2)cc1. The number of aromatic nitrogens is 3. The fourth-order valence-electron chi connectivity index (χ4n) is 4.51. The Kier molecular flexibility index (Phi) is 4.43. The topological polar surface area (TPSA) is 47.1 Å². The first kappa shape index (κ1) is 19.7. The molecule has 5 nitrogen and oxygen atoms in total. The van der Waals surface area contributed by atoms with Crippen LogP contribution in [0, 0.1) is 0 Å². The van der Waals surface area contributed by atoms with Gasteiger partial charge in [0.2, 0.25) is 11.0 Å². The van der Waals surface area contributed by atoms with Crippen LogP contribution in [0.15, 0.2) is 107 Å². The summed E-state index contributed by atoms with van der Waals surface area (Å²) in [7, 11) is 0. The van der Waals surface area contributed by atoms with E-state index in [1.807, 2.05) is 48.5 Å². The van der Waals surface area contributed by atoms with E-state index < -0.39 is 0 Å². The molecule has 0 aliphatic carbocycles. The van der Waals surface area contributed by atoms with Gasteiger partial charge in [0.15, 0.2) is 5.76 Å². The van der Waals surface area contributed by atoms with Gasteiger partial charge in [0.1, 0.15) is 11.0 Å². The van der Waals surface area contributed by atoms with E-state index in [2.05, 4.69) is 68.4 Å². The molecule has 164 valence electrons. The van der Waals surface area contributed by atoms with Crippen molar-refractivity contribution < 1.29 is 4.42 Å². The number of furan rings is 1. The number of para-hydroxylation sites is 1. The van der Waals surface area contributed by atoms with E-state index in [1.54, 1.807) is 11.8 Å². The third kappa shape index (κ3) is 3.03. The van der Waals surface area contributed by atoms with Crippen LogP contribution in [0.2, 0.25) is 5.02 Å². The Morgan fingerprint density at radius 2 is 1.59 bits per heavy atom. The molecule has 1 unspecified atom stereocenters. The summed E-state index contributed by atoms with van der Waals surface area (Å²) >= 11 is 7.82. The number of nitrogens with zero attached hydrogens (tertiary/aromatic N) is 4. The lowest BCUT2D eigenvalue weighted by Gasteiger charge is -2.27. The van der Waals surface area contributed by atoms with Gasteiger partial charge in [-0.05, 0) is 52.7 Å². The summed E-state index contributed by atoms with van der Waals surface area (Å²) in [4.78, 5) is 0. The van der Waals surface area contributed by atoms with Crippen LogP contribution in [0.25, 0.3) is 33.3 Å². The predicted octanol–water partition coefficient (Wildman–Crippen LogP) is 7.57. The van der Waals surface area contributed by atoms with E-state index in [0.717, 1.165) is 32.8 Å². The van der Waals surface area contributed by atoms with E-state index in [0.29, 0.717) is 16.6 Å². The molecule has 1 atom stereocenters. The number of hydrogen-bond acceptors (Lipinski definition) is 5. The second-order valence-corrected chi connectivity index (χ2v) is 9.61. The van der Waals surface area contributed by atoms with Crippen molar-refractivity contribution >= 4 is 50.8 Å². The fourth-order valence-corrected chi connectivity index (χ4v) is 5.81. The first-order chi connectivity index (χ1) is 16.8. The summed E-state index contributed by atoms with van der Waals surface area (Å²) in [5.74, 6) is 1.35. The van der Waals surface area contributed by atoms with Gasteiger partial charge in [-0.15, -0.1) is 10.2 Å². The minimum atomic E-state index is -0.0193. The molecule has 7 heteroatoms. The highest BCUT2D eigenvalue weighted by atomic mass is 35.5. The quantitative estimate of drug-likeness (QED) is 0.261. The van der Waals surface area contributed by atoms with Crippen LogP contribution in [0.4, 0.5) is 5.69 Å². The number of rotatable bonds is 3. The maximum Gasteiger partial charge on any atom is 0.219 e. The number of hydrogen-bond donors (Lipinski definition) is 0. The van der Waals surface area contributed by atoms with E-state index in [9.17, 15) is 0 Å². The van der Waals surface area contributed by atoms with Gasteiger partial charge < -0.3 is 4.42 Å². The molecule has 0 bridgehead atoms. The van der Waals surface area contributed by atoms with Gasteiger partial charge >= 0.3 is 0 Å². The van der Waals surface area contributed by atoms with Crippen molar-refractivity contribution in [3.05, 3.63) is 108 Å². The molecule has 0 spiro atoms. The van der Waals surface area contributed by atoms with Gasteiger partial charge in [-0.1, -0.05) is 84.0 Å². The van der Waals surface area contributed by atoms with Gasteiger partial charge in [-0.25, -0.2) is 4.68 Å². The first-order valence-corrected chi connectivity index (χ1v) is 12.2. The smallest absolute Gasteiger partial charge is 0.219 e. The molecule has 0 fully saturated rings. The van der Waals surface area contributed by atoms with Crippen LogP contribution in [0.5, 0.6) is 0 Å². The molecule has 0 radical (unpaired) electrons. The molecule has 1 aliphatic rings. The molecule has 34 heavy (non-hydrogen) atoms. The molecule has 0 saturated heterocycles. The van der Waals surface area contributed by atoms with Gasteiger partial charge in [0, 0.05) is 10.4 Å². The Balaban J connectivity index is 1.41. The Labute approximate surface area is 204 Å². The summed E-state index contributed by atoms with van der Waals surface area (Å²) < 4.78 is 8.36. The van der Waals surface area contributed by atoms with Crippen LogP contribution in [-0.2, 0) is 0 Å². The highest BCUT2D eigenvalue weighted by molar-refractivity contribution is 7.99. The summed E-state index contributed by atoms with van der Waals surface area (Å²) in [6.07, 6.45) is 0.